The molecular weight excluding hydrogens is 486 g/mol. The zero-order valence-corrected chi connectivity index (χ0v) is 17.9. The second-order valence-electron chi connectivity index (χ2n) is 6.09. The fraction of sp³-hybridized carbons (Fsp3) is 0.105. The summed E-state index contributed by atoms with van der Waals surface area (Å²) in [6, 6.07) is 9.81. The van der Waals surface area contributed by atoms with Crippen LogP contribution in [0.25, 0.3) is 0 Å². The largest absolute Gasteiger partial charge is 0.507 e. The summed E-state index contributed by atoms with van der Waals surface area (Å²) in [7, 11) is -4.04. The van der Waals surface area contributed by atoms with E-state index in [9.17, 15) is 23.4 Å². The molecule has 29 heavy (non-hydrogen) atoms. The van der Waals surface area contributed by atoms with Crippen molar-refractivity contribution in [3.8, 4) is 11.5 Å². The Bertz CT molecular complexity index is 1160. The maximum Gasteiger partial charge on any atom is 0.255 e. The molecule has 3 rings (SSSR count). The fourth-order valence-corrected chi connectivity index (χ4v) is 4.87. The molecule has 0 bridgehead atoms. The number of benzene rings is 2. The van der Waals surface area contributed by atoms with Crippen LogP contribution in [0.4, 0.5) is 0 Å². The number of hydrogen-bond donors (Lipinski definition) is 3. The van der Waals surface area contributed by atoms with E-state index in [4.69, 9.17) is 16.0 Å². The molecule has 7 nitrogen and oxygen atoms in total. The van der Waals surface area contributed by atoms with Gasteiger partial charge in [0.25, 0.3) is 5.91 Å². The maximum absolute atomic E-state index is 12.8. The average Bonchev–Trinajstić information content (AvgIpc) is 3.17. The molecule has 0 aliphatic heterocycles. The summed E-state index contributed by atoms with van der Waals surface area (Å²) in [4.78, 5) is 12.1. The second kappa shape index (κ2) is 8.48. The number of sulfone groups is 1. The number of rotatable bonds is 6. The predicted molar refractivity (Wildman–Crippen MR) is 110 cm³/mol. The van der Waals surface area contributed by atoms with Crippen molar-refractivity contribution in [2.75, 3.05) is 0 Å². The van der Waals surface area contributed by atoms with Crippen molar-refractivity contribution in [1.29, 1.82) is 0 Å². The molecule has 0 saturated heterocycles. The van der Waals surface area contributed by atoms with Crippen LogP contribution in [-0.4, -0.2) is 24.5 Å². The Hall–Kier alpha value is -2.49. The van der Waals surface area contributed by atoms with Gasteiger partial charge >= 0.3 is 0 Å². The van der Waals surface area contributed by atoms with E-state index < -0.39 is 33.0 Å². The number of amides is 1. The number of hydrogen-bond acceptors (Lipinski definition) is 6. The summed E-state index contributed by atoms with van der Waals surface area (Å²) in [5.74, 6) is -1.74. The Balaban J connectivity index is 1.90. The first kappa shape index (κ1) is 21.2. The molecular formula is C19H15BrClNO6S. The summed E-state index contributed by atoms with van der Waals surface area (Å²) >= 11 is 9.19. The lowest BCUT2D eigenvalue weighted by Gasteiger charge is -2.12. The molecule has 3 N–H and O–H groups in total. The minimum atomic E-state index is -4.04. The van der Waals surface area contributed by atoms with Crippen molar-refractivity contribution in [3.05, 3.63) is 75.1 Å². The van der Waals surface area contributed by atoms with Crippen LogP contribution < -0.4 is 5.32 Å². The highest BCUT2D eigenvalue weighted by atomic mass is 79.9. The van der Waals surface area contributed by atoms with Crippen molar-refractivity contribution < 1.29 is 27.8 Å². The zero-order chi connectivity index (χ0) is 21.2. The van der Waals surface area contributed by atoms with Gasteiger partial charge in [-0.15, -0.1) is 0 Å². The first-order valence-corrected chi connectivity index (χ1v) is 11.0. The van der Waals surface area contributed by atoms with Gasteiger partial charge in [0.1, 0.15) is 22.2 Å². The summed E-state index contributed by atoms with van der Waals surface area (Å²) in [5.41, 5.74) is -0.243. The third-order valence-electron chi connectivity index (χ3n) is 4.00. The molecule has 0 atom stereocenters. The topological polar surface area (TPSA) is 117 Å². The van der Waals surface area contributed by atoms with Gasteiger partial charge in [0, 0.05) is 15.1 Å². The highest BCUT2D eigenvalue weighted by Crippen LogP contribution is 2.33. The molecule has 0 fully saturated rings. The molecule has 0 unspecified atom stereocenters. The molecule has 0 spiro atoms. The molecule has 3 aromatic rings. The molecule has 1 amide bonds. The fourth-order valence-electron chi connectivity index (χ4n) is 2.63. The van der Waals surface area contributed by atoms with Crippen molar-refractivity contribution in [2.45, 2.75) is 17.2 Å². The van der Waals surface area contributed by atoms with E-state index in [1.165, 1.54) is 36.6 Å². The molecule has 10 heteroatoms. The van der Waals surface area contributed by atoms with Gasteiger partial charge in [-0.25, -0.2) is 8.42 Å². The van der Waals surface area contributed by atoms with Crippen LogP contribution in [0, 0.1) is 0 Å². The molecule has 2 aromatic carbocycles. The summed E-state index contributed by atoms with van der Waals surface area (Å²) in [6.07, 6.45) is 1.46. The SMILES string of the molecule is O=C(NCc1ccco1)c1cc(Cl)cc(CS(=O)(=O)c2cc(Br)ccc2O)c1O. The van der Waals surface area contributed by atoms with Gasteiger partial charge in [-0.1, -0.05) is 27.5 Å². The van der Waals surface area contributed by atoms with Crippen molar-refractivity contribution in [2.24, 2.45) is 0 Å². The van der Waals surface area contributed by atoms with Crippen LogP contribution in [0.2, 0.25) is 5.02 Å². The summed E-state index contributed by atoms with van der Waals surface area (Å²) in [6.45, 7) is 0.0807. The quantitative estimate of drug-likeness (QED) is 0.471. The van der Waals surface area contributed by atoms with E-state index >= 15 is 0 Å². The standard InChI is InChI=1S/C19H15BrClNO6S/c20-12-3-4-16(23)17(7-12)29(26,27)10-11-6-13(21)8-15(18(11)24)19(25)22-9-14-2-1-5-28-14/h1-8,23-24H,9-10H2,(H,22,25). The maximum atomic E-state index is 12.8. The molecule has 0 aliphatic carbocycles. The first-order valence-electron chi connectivity index (χ1n) is 8.20. The predicted octanol–water partition coefficient (Wildman–Crippen LogP) is 4.01. The van der Waals surface area contributed by atoms with Crippen molar-refractivity contribution in [3.63, 3.8) is 0 Å². The van der Waals surface area contributed by atoms with Gasteiger partial charge in [0.05, 0.1) is 24.1 Å². The third-order valence-corrected chi connectivity index (χ3v) is 6.40. The van der Waals surface area contributed by atoms with E-state index in [0.29, 0.717) is 10.2 Å². The van der Waals surface area contributed by atoms with Crippen LogP contribution in [0.15, 0.2) is 62.5 Å². The van der Waals surface area contributed by atoms with Gasteiger partial charge in [0.2, 0.25) is 0 Å². The van der Waals surface area contributed by atoms with Crippen LogP contribution in [0.5, 0.6) is 11.5 Å². The number of phenolic OH excluding ortho intramolecular Hbond substituents is 2. The zero-order valence-electron chi connectivity index (χ0n) is 14.7. The minimum absolute atomic E-state index is 0.0694. The van der Waals surface area contributed by atoms with E-state index in [1.807, 2.05) is 0 Å². The number of halogens is 2. The Kier molecular flexibility index (Phi) is 6.21. The Morgan fingerprint density at radius 1 is 1.17 bits per heavy atom. The normalized spacial score (nSPS) is 11.4. The van der Waals surface area contributed by atoms with Gasteiger partial charge < -0.3 is 19.9 Å². The Morgan fingerprint density at radius 3 is 2.62 bits per heavy atom. The molecule has 0 aliphatic rings. The van der Waals surface area contributed by atoms with Gasteiger partial charge in [-0.2, -0.15) is 0 Å². The van der Waals surface area contributed by atoms with Crippen molar-refractivity contribution in [1.82, 2.24) is 5.32 Å². The van der Waals surface area contributed by atoms with E-state index in [0.717, 1.165) is 0 Å². The lowest BCUT2D eigenvalue weighted by molar-refractivity contribution is 0.0945. The summed E-state index contributed by atoms with van der Waals surface area (Å²) < 4.78 is 31.1. The number of furan rings is 1. The number of carbonyl (C=O) groups is 1. The highest BCUT2D eigenvalue weighted by molar-refractivity contribution is 9.10. The van der Waals surface area contributed by atoms with Gasteiger partial charge in [0.15, 0.2) is 9.84 Å². The number of aromatic hydroxyl groups is 2. The van der Waals surface area contributed by atoms with Gasteiger partial charge in [-0.3, -0.25) is 4.79 Å². The number of phenols is 2. The van der Waals surface area contributed by atoms with Gasteiger partial charge in [-0.05, 0) is 42.5 Å². The second-order valence-corrected chi connectivity index (χ2v) is 9.40. The average molecular weight is 501 g/mol. The minimum Gasteiger partial charge on any atom is -0.507 e. The van der Waals surface area contributed by atoms with Crippen LogP contribution in [-0.2, 0) is 22.1 Å². The monoisotopic (exact) mass is 499 g/mol. The van der Waals surface area contributed by atoms with Crippen LogP contribution >= 0.6 is 27.5 Å². The first-order chi connectivity index (χ1) is 13.7. The van der Waals surface area contributed by atoms with E-state index in [1.54, 1.807) is 12.1 Å². The summed E-state index contributed by atoms with van der Waals surface area (Å²) in [5, 5.41) is 23.0. The molecule has 0 saturated carbocycles. The van der Waals surface area contributed by atoms with Crippen LogP contribution in [0.3, 0.4) is 0 Å². The van der Waals surface area contributed by atoms with Crippen LogP contribution in [0.1, 0.15) is 21.7 Å². The van der Waals surface area contributed by atoms with Crippen molar-refractivity contribution >= 4 is 43.3 Å². The lowest BCUT2D eigenvalue weighted by atomic mass is 10.1. The Morgan fingerprint density at radius 2 is 1.93 bits per heavy atom. The third kappa shape index (κ3) is 4.92. The highest BCUT2D eigenvalue weighted by Gasteiger charge is 2.24. The number of carbonyl (C=O) groups excluding carboxylic acids is 1. The number of nitrogens with one attached hydrogen (secondary N) is 1. The molecule has 152 valence electrons. The molecule has 1 heterocycles. The lowest BCUT2D eigenvalue weighted by Crippen LogP contribution is -2.23. The molecule has 0 radical (unpaired) electrons. The van der Waals surface area contributed by atoms with E-state index in [-0.39, 0.29) is 27.6 Å². The van der Waals surface area contributed by atoms with E-state index in [2.05, 4.69) is 21.2 Å². The Labute approximate surface area is 180 Å². The smallest absolute Gasteiger partial charge is 0.255 e. The molecule has 1 aromatic heterocycles.